The van der Waals surface area contributed by atoms with Crippen LogP contribution in [-0.2, 0) is 16.8 Å². The fraction of sp³-hybridized carbons (Fsp3) is 0.500. The normalized spacial score (nSPS) is 19.8. The van der Waals surface area contributed by atoms with Crippen LogP contribution in [0, 0.1) is 13.8 Å². The number of aryl methyl sites for hydroxylation is 2. The Balaban J connectivity index is 1.73. The predicted molar refractivity (Wildman–Crippen MR) is 79.1 cm³/mol. The summed E-state index contributed by atoms with van der Waals surface area (Å²) in [6.45, 7) is 4.21. The lowest BCUT2D eigenvalue weighted by molar-refractivity contribution is 0.327. The molecule has 0 bridgehead atoms. The first-order chi connectivity index (χ1) is 10.5. The lowest BCUT2D eigenvalue weighted by Crippen LogP contribution is -2.39. The van der Waals surface area contributed by atoms with E-state index in [4.69, 9.17) is 8.94 Å². The summed E-state index contributed by atoms with van der Waals surface area (Å²) < 4.78 is 39.7. The van der Waals surface area contributed by atoms with Gasteiger partial charge in [-0.15, -0.1) is 0 Å². The van der Waals surface area contributed by atoms with E-state index in [1.165, 1.54) is 4.31 Å². The highest BCUT2D eigenvalue weighted by Crippen LogP contribution is 2.34. The molecule has 1 aliphatic rings. The van der Waals surface area contributed by atoms with Crippen molar-refractivity contribution in [1.29, 1.82) is 0 Å². The van der Waals surface area contributed by atoms with Crippen LogP contribution in [0.25, 0.3) is 0 Å². The van der Waals surface area contributed by atoms with Crippen LogP contribution < -0.4 is 4.72 Å². The van der Waals surface area contributed by atoms with Gasteiger partial charge < -0.3 is 8.94 Å². The minimum Gasteiger partial charge on any atom is -0.465 e. The highest BCUT2D eigenvalue weighted by molar-refractivity contribution is 7.87. The zero-order valence-electron chi connectivity index (χ0n) is 12.6. The Kier molecular flexibility index (Phi) is 4.07. The first-order valence-electron chi connectivity index (χ1n) is 7.21. The van der Waals surface area contributed by atoms with Crippen LogP contribution in [0.2, 0.25) is 0 Å². The van der Waals surface area contributed by atoms with Gasteiger partial charge in [-0.25, -0.2) is 0 Å². The second-order valence-corrected chi connectivity index (χ2v) is 7.19. The average Bonchev–Trinajstić information content (AvgIpc) is 3.16. The Morgan fingerprint density at radius 2 is 2.23 bits per heavy atom. The standard InChI is InChI=1S/C14H19N3O4S/c1-10-8-12(21-16-10)9-15-22(18,19)17-7-3-4-13(17)14-6-5-11(2)20-14/h5-6,8,13,15H,3-4,7,9H2,1-2H3/t13-/m0/s1. The molecule has 1 N–H and O–H groups in total. The molecule has 0 radical (unpaired) electrons. The quantitative estimate of drug-likeness (QED) is 0.909. The maximum Gasteiger partial charge on any atom is 0.280 e. The number of aromatic nitrogens is 1. The van der Waals surface area contributed by atoms with Gasteiger partial charge in [-0.05, 0) is 38.8 Å². The zero-order chi connectivity index (χ0) is 15.7. The second-order valence-electron chi connectivity index (χ2n) is 5.48. The molecule has 7 nitrogen and oxygen atoms in total. The van der Waals surface area contributed by atoms with Gasteiger partial charge in [0.1, 0.15) is 11.5 Å². The lowest BCUT2D eigenvalue weighted by Gasteiger charge is -2.22. The third kappa shape index (κ3) is 3.08. The van der Waals surface area contributed by atoms with Crippen molar-refractivity contribution >= 4 is 10.2 Å². The lowest BCUT2D eigenvalue weighted by atomic mass is 10.2. The van der Waals surface area contributed by atoms with Gasteiger partial charge in [-0.3, -0.25) is 0 Å². The number of hydrogen-bond donors (Lipinski definition) is 1. The second kappa shape index (κ2) is 5.86. The largest absolute Gasteiger partial charge is 0.465 e. The average molecular weight is 325 g/mol. The molecular formula is C14H19N3O4S. The van der Waals surface area contributed by atoms with Crippen molar-refractivity contribution in [1.82, 2.24) is 14.2 Å². The zero-order valence-corrected chi connectivity index (χ0v) is 13.4. The van der Waals surface area contributed by atoms with E-state index in [2.05, 4.69) is 9.88 Å². The Bertz CT molecular complexity index is 750. The highest BCUT2D eigenvalue weighted by atomic mass is 32.2. The van der Waals surface area contributed by atoms with E-state index >= 15 is 0 Å². The molecule has 0 unspecified atom stereocenters. The Hall–Kier alpha value is -1.64. The molecule has 0 amide bonds. The molecule has 2 aromatic heterocycles. The molecule has 3 rings (SSSR count). The van der Waals surface area contributed by atoms with Crippen molar-refractivity contribution in [3.63, 3.8) is 0 Å². The fourth-order valence-corrected chi connectivity index (χ4v) is 4.09. The van der Waals surface area contributed by atoms with Gasteiger partial charge in [0.15, 0.2) is 5.76 Å². The van der Waals surface area contributed by atoms with E-state index in [-0.39, 0.29) is 12.6 Å². The molecule has 1 atom stereocenters. The third-order valence-corrected chi connectivity index (χ3v) is 5.27. The van der Waals surface area contributed by atoms with Crippen LogP contribution in [0.5, 0.6) is 0 Å². The summed E-state index contributed by atoms with van der Waals surface area (Å²) in [6.07, 6.45) is 1.57. The van der Waals surface area contributed by atoms with E-state index < -0.39 is 10.2 Å². The Labute approximate surface area is 129 Å². The molecule has 0 spiro atoms. The summed E-state index contributed by atoms with van der Waals surface area (Å²) in [7, 11) is -3.60. The number of nitrogens with zero attached hydrogens (tertiary/aromatic N) is 2. The van der Waals surface area contributed by atoms with Gasteiger partial charge in [-0.2, -0.15) is 17.4 Å². The molecule has 120 valence electrons. The molecule has 0 aromatic carbocycles. The first-order valence-corrected chi connectivity index (χ1v) is 8.65. The number of hydrogen-bond acceptors (Lipinski definition) is 5. The van der Waals surface area contributed by atoms with Crippen LogP contribution >= 0.6 is 0 Å². The van der Waals surface area contributed by atoms with Crippen molar-refractivity contribution in [2.75, 3.05) is 6.54 Å². The third-order valence-electron chi connectivity index (χ3n) is 3.71. The number of rotatable bonds is 5. The fourth-order valence-electron chi connectivity index (χ4n) is 2.69. The molecule has 3 heterocycles. The number of furan rings is 1. The molecule has 1 aliphatic heterocycles. The summed E-state index contributed by atoms with van der Waals surface area (Å²) in [6, 6.07) is 5.15. The maximum absolute atomic E-state index is 12.5. The molecule has 2 aromatic rings. The van der Waals surface area contributed by atoms with Crippen LogP contribution in [0.15, 0.2) is 27.1 Å². The summed E-state index contributed by atoms with van der Waals surface area (Å²) >= 11 is 0. The van der Waals surface area contributed by atoms with Crippen LogP contribution in [0.1, 0.15) is 41.9 Å². The predicted octanol–water partition coefficient (Wildman–Crippen LogP) is 2.06. The van der Waals surface area contributed by atoms with Crippen molar-refractivity contribution in [2.24, 2.45) is 0 Å². The molecule has 1 saturated heterocycles. The smallest absolute Gasteiger partial charge is 0.280 e. The molecule has 8 heteroatoms. The molecule has 0 saturated carbocycles. The van der Waals surface area contributed by atoms with E-state index in [1.54, 1.807) is 13.0 Å². The van der Waals surface area contributed by atoms with Crippen LogP contribution in [0.4, 0.5) is 0 Å². The minimum atomic E-state index is -3.60. The summed E-state index contributed by atoms with van der Waals surface area (Å²) in [5.41, 5.74) is 0.722. The van der Waals surface area contributed by atoms with E-state index in [0.29, 0.717) is 18.1 Å². The van der Waals surface area contributed by atoms with Crippen LogP contribution in [0.3, 0.4) is 0 Å². The van der Waals surface area contributed by atoms with Gasteiger partial charge in [0, 0.05) is 12.6 Å². The maximum atomic E-state index is 12.5. The van der Waals surface area contributed by atoms with E-state index in [1.807, 2.05) is 19.1 Å². The van der Waals surface area contributed by atoms with E-state index in [9.17, 15) is 8.42 Å². The van der Waals surface area contributed by atoms with E-state index in [0.717, 1.165) is 24.3 Å². The van der Waals surface area contributed by atoms with Gasteiger partial charge in [0.05, 0.1) is 18.3 Å². The molecule has 0 aliphatic carbocycles. The topological polar surface area (TPSA) is 88.6 Å². The Morgan fingerprint density at radius 3 is 2.86 bits per heavy atom. The summed E-state index contributed by atoms with van der Waals surface area (Å²) in [5.74, 6) is 1.96. The highest BCUT2D eigenvalue weighted by Gasteiger charge is 2.36. The monoisotopic (exact) mass is 325 g/mol. The van der Waals surface area contributed by atoms with Gasteiger partial charge in [0.2, 0.25) is 0 Å². The number of nitrogens with one attached hydrogen (secondary N) is 1. The van der Waals surface area contributed by atoms with Crippen molar-refractivity contribution in [3.05, 3.63) is 41.2 Å². The summed E-state index contributed by atoms with van der Waals surface area (Å²) in [5, 5.41) is 3.74. The van der Waals surface area contributed by atoms with Crippen molar-refractivity contribution in [2.45, 2.75) is 39.3 Å². The van der Waals surface area contributed by atoms with Crippen molar-refractivity contribution < 1.29 is 17.4 Å². The van der Waals surface area contributed by atoms with Crippen LogP contribution in [-0.4, -0.2) is 24.4 Å². The van der Waals surface area contributed by atoms with Gasteiger partial charge in [-0.1, -0.05) is 5.16 Å². The molecule has 1 fully saturated rings. The SMILES string of the molecule is Cc1cc(CNS(=O)(=O)N2CCC[C@H]2c2ccc(C)o2)on1. The molecule has 22 heavy (non-hydrogen) atoms. The first kappa shape index (κ1) is 15.3. The minimum absolute atomic E-state index is 0.0869. The molecular weight excluding hydrogens is 306 g/mol. The van der Waals surface area contributed by atoms with Crippen molar-refractivity contribution in [3.8, 4) is 0 Å². The van der Waals surface area contributed by atoms with Gasteiger partial charge in [0.25, 0.3) is 10.2 Å². The summed E-state index contributed by atoms with van der Waals surface area (Å²) in [4.78, 5) is 0. The van der Waals surface area contributed by atoms with Gasteiger partial charge >= 0.3 is 0 Å². The Morgan fingerprint density at radius 1 is 1.41 bits per heavy atom.